The van der Waals surface area contributed by atoms with E-state index in [0.29, 0.717) is 6.04 Å². The van der Waals surface area contributed by atoms with Crippen molar-refractivity contribution in [3.8, 4) is 0 Å². The summed E-state index contributed by atoms with van der Waals surface area (Å²) < 4.78 is 0. The van der Waals surface area contributed by atoms with Gasteiger partial charge < -0.3 is 10.6 Å². The van der Waals surface area contributed by atoms with Gasteiger partial charge in [0.25, 0.3) is 0 Å². The first kappa shape index (κ1) is 10.0. The summed E-state index contributed by atoms with van der Waals surface area (Å²) in [5, 5.41) is 6.81. The Morgan fingerprint density at radius 1 is 1.25 bits per heavy atom. The van der Waals surface area contributed by atoms with Crippen LogP contribution in [0.2, 0.25) is 0 Å². The van der Waals surface area contributed by atoms with Crippen molar-refractivity contribution in [3.63, 3.8) is 0 Å². The smallest absolute Gasteiger partial charge is 0.0278 e. The molecule has 0 saturated heterocycles. The maximum absolute atomic E-state index is 3.43. The first-order valence-corrected chi connectivity index (χ1v) is 4.98. The summed E-state index contributed by atoms with van der Waals surface area (Å²) in [6.07, 6.45) is 4.22. The van der Waals surface area contributed by atoms with Gasteiger partial charge in [-0.15, -0.1) is 0 Å². The zero-order valence-corrected chi connectivity index (χ0v) is 8.78. The summed E-state index contributed by atoms with van der Waals surface area (Å²) in [6, 6.07) is 0.622. The molecule has 0 amide bonds. The van der Waals surface area contributed by atoms with Crippen molar-refractivity contribution >= 4 is 0 Å². The van der Waals surface area contributed by atoms with Crippen LogP contribution >= 0.6 is 0 Å². The normalized spacial score (nSPS) is 22.0. The van der Waals surface area contributed by atoms with E-state index in [4.69, 9.17) is 0 Å². The van der Waals surface area contributed by atoms with Gasteiger partial charge in [-0.25, -0.2) is 0 Å². The van der Waals surface area contributed by atoms with Crippen LogP contribution in [-0.2, 0) is 0 Å². The zero-order chi connectivity index (χ0) is 9.19. The standard InChI is InChI=1S/C10H22N2/c1-10(2,12-4)9(11-3)8-6-5-7-8/h8-9,11-12H,5-7H2,1-4H3. The van der Waals surface area contributed by atoms with E-state index >= 15 is 0 Å². The van der Waals surface area contributed by atoms with Gasteiger partial charge in [0.05, 0.1) is 0 Å². The third kappa shape index (κ3) is 1.80. The Bertz CT molecular complexity index is 139. The highest BCUT2D eigenvalue weighted by molar-refractivity contribution is 4.96. The van der Waals surface area contributed by atoms with Gasteiger partial charge in [-0.05, 0) is 46.7 Å². The van der Waals surface area contributed by atoms with Crippen molar-refractivity contribution in [2.45, 2.75) is 44.7 Å². The second-order valence-corrected chi connectivity index (χ2v) is 4.43. The maximum Gasteiger partial charge on any atom is 0.0278 e. The van der Waals surface area contributed by atoms with E-state index in [1.807, 2.05) is 7.05 Å². The number of nitrogens with one attached hydrogen (secondary N) is 2. The predicted octanol–water partition coefficient (Wildman–Crippen LogP) is 1.37. The second-order valence-electron chi connectivity index (χ2n) is 4.43. The van der Waals surface area contributed by atoms with Gasteiger partial charge in [-0.3, -0.25) is 0 Å². The largest absolute Gasteiger partial charge is 0.315 e. The SMILES string of the molecule is CNC(C1CCC1)C(C)(C)NC. The first-order valence-electron chi connectivity index (χ1n) is 4.98. The summed E-state index contributed by atoms with van der Waals surface area (Å²) in [6.45, 7) is 4.54. The molecule has 1 aliphatic rings. The molecule has 1 atom stereocenters. The average molecular weight is 170 g/mol. The highest BCUT2D eigenvalue weighted by Crippen LogP contribution is 2.33. The van der Waals surface area contributed by atoms with Crippen LogP contribution in [0, 0.1) is 5.92 Å². The molecule has 0 aliphatic heterocycles. The molecule has 2 heteroatoms. The highest BCUT2D eigenvalue weighted by Gasteiger charge is 2.36. The summed E-state index contributed by atoms with van der Waals surface area (Å²) >= 11 is 0. The van der Waals surface area contributed by atoms with Crippen molar-refractivity contribution in [2.24, 2.45) is 5.92 Å². The molecule has 1 rings (SSSR count). The molecule has 0 spiro atoms. The monoisotopic (exact) mass is 170 g/mol. The lowest BCUT2D eigenvalue weighted by Crippen LogP contribution is -2.58. The quantitative estimate of drug-likeness (QED) is 0.666. The van der Waals surface area contributed by atoms with Gasteiger partial charge >= 0.3 is 0 Å². The van der Waals surface area contributed by atoms with Gasteiger partial charge in [0.15, 0.2) is 0 Å². The van der Waals surface area contributed by atoms with Crippen molar-refractivity contribution < 1.29 is 0 Å². The van der Waals surface area contributed by atoms with Crippen molar-refractivity contribution in [1.82, 2.24) is 10.6 Å². The van der Waals surface area contributed by atoms with E-state index in [0.717, 1.165) is 5.92 Å². The van der Waals surface area contributed by atoms with Gasteiger partial charge in [0, 0.05) is 11.6 Å². The summed E-state index contributed by atoms with van der Waals surface area (Å²) in [7, 11) is 4.12. The Labute approximate surface area is 76.1 Å². The predicted molar refractivity (Wildman–Crippen MR) is 53.3 cm³/mol. The average Bonchev–Trinajstić information content (AvgIpc) is 1.96. The molecule has 1 unspecified atom stereocenters. The van der Waals surface area contributed by atoms with Gasteiger partial charge in [0.1, 0.15) is 0 Å². The van der Waals surface area contributed by atoms with E-state index in [2.05, 4.69) is 31.5 Å². The highest BCUT2D eigenvalue weighted by atomic mass is 15.0. The van der Waals surface area contributed by atoms with Crippen LogP contribution in [-0.4, -0.2) is 25.7 Å². The van der Waals surface area contributed by atoms with Crippen LogP contribution in [0.4, 0.5) is 0 Å². The second kappa shape index (κ2) is 3.75. The Kier molecular flexibility index (Phi) is 3.13. The minimum Gasteiger partial charge on any atom is -0.315 e. The molecule has 12 heavy (non-hydrogen) atoms. The van der Waals surface area contributed by atoms with E-state index in [9.17, 15) is 0 Å². The lowest BCUT2D eigenvalue weighted by molar-refractivity contribution is 0.157. The Balaban J connectivity index is 2.53. The molecular formula is C10H22N2. The molecule has 0 bridgehead atoms. The minimum atomic E-state index is 0.222. The van der Waals surface area contributed by atoms with Gasteiger partial charge in [-0.1, -0.05) is 6.42 Å². The van der Waals surface area contributed by atoms with Crippen LogP contribution in [0.1, 0.15) is 33.1 Å². The van der Waals surface area contributed by atoms with E-state index in [1.54, 1.807) is 0 Å². The molecule has 1 saturated carbocycles. The van der Waals surface area contributed by atoms with Crippen molar-refractivity contribution in [1.29, 1.82) is 0 Å². The third-order valence-corrected chi connectivity index (χ3v) is 3.35. The topological polar surface area (TPSA) is 24.1 Å². The van der Waals surface area contributed by atoms with Gasteiger partial charge in [-0.2, -0.15) is 0 Å². The maximum atomic E-state index is 3.43. The van der Waals surface area contributed by atoms with E-state index in [-0.39, 0.29) is 5.54 Å². The van der Waals surface area contributed by atoms with Crippen LogP contribution in [0.5, 0.6) is 0 Å². The molecular weight excluding hydrogens is 148 g/mol. The number of hydrogen-bond acceptors (Lipinski definition) is 2. The minimum absolute atomic E-state index is 0.222. The summed E-state index contributed by atoms with van der Waals surface area (Å²) in [4.78, 5) is 0. The fourth-order valence-corrected chi connectivity index (χ4v) is 2.11. The van der Waals surface area contributed by atoms with Crippen LogP contribution in [0.15, 0.2) is 0 Å². The first-order chi connectivity index (χ1) is 5.61. The fourth-order valence-electron chi connectivity index (χ4n) is 2.11. The van der Waals surface area contributed by atoms with Crippen molar-refractivity contribution in [3.05, 3.63) is 0 Å². The van der Waals surface area contributed by atoms with Crippen molar-refractivity contribution in [2.75, 3.05) is 14.1 Å². The summed E-state index contributed by atoms with van der Waals surface area (Å²) in [5.74, 6) is 0.887. The third-order valence-electron chi connectivity index (χ3n) is 3.35. The molecule has 1 aliphatic carbocycles. The van der Waals surface area contributed by atoms with Crippen LogP contribution in [0.3, 0.4) is 0 Å². The van der Waals surface area contributed by atoms with E-state index < -0.39 is 0 Å². The number of rotatable bonds is 4. The Morgan fingerprint density at radius 3 is 2.08 bits per heavy atom. The lowest BCUT2D eigenvalue weighted by atomic mass is 9.73. The lowest BCUT2D eigenvalue weighted by Gasteiger charge is -2.43. The Morgan fingerprint density at radius 2 is 1.83 bits per heavy atom. The molecule has 0 heterocycles. The van der Waals surface area contributed by atoms with E-state index in [1.165, 1.54) is 19.3 Å². The Hall–Kier alpha value is -0.0800. The van der Waals surface area contributed by atoms with Crippen LogP contribution in [0.25, 0.3) is 0 Å². The van der Waals surface area contributed by atoms with Crippen LogP contribution < -0.4 is 10.6 Å². The molecule has 2 nitrogen and oxygen atoms in total. The van der Waals surface area contributed by atoms with Gasteiger partial charge in [0.2, 0.25) is 0 Å². The molecule has 0 radical (unpaired) electrons. The molecule has 0 aromatic carbocycles. The molecule has 0 aromatic heterocycles. The zero-order valence-electron chi connectivity index (χ0n) is 8.78. The number of hydrogen-bond donors (Lipinski definition) is 2. The number of likely N-dealkylation sites (N-methyl/N-ethyl adjacent to an activating group) is 2. The molecule has 1 fully saturated rings. The summed E-state index contributed by atoms with van der Waals surface area (Å²) in [5.41, 5.74) is 0.222. The fraction of sp³-hybridized carbons (Fsp3) is 1.00. The molecule has 0 aromatic rings. The molecule has 72 valence electrons. The molecule has 2 N–H and O–H groups in total.